The standard InChI is InChI=1S/C12H22N2O3S/c1-3-13-7-6-10-4-5-11(8-13)14(10)12(15)9-18(2,16)17/h10-11H,3-9H2,1-2H3. The highest BCUT2D eigenvalue weighted by molar-refractivity contribution is 7.91. The molecular weight excluding hydrogens is 252 g/mol. The van der Waals surface area contributed by atoms with Gasteiger partial charge < -0.3 is 9.80 Å². The molecule has 2 atom stereocenters. The van der Waals surface area contributed by atoms with Gasteiger partial charge in [0.2, 0.25) is 5.91 Å². The van der Waals surface area contributed by atoms with E-state index in [-0.39, 0.29) is 23.7 Å². The smallest absolute Gasteiger partial charge is 0.238 e. The molecule has 0 aromatic heterocycles. The van der Waals surface area contributed by atoms with E-state index < -0.39 is 9.84 Å². The van der Waals surface area contributed by atoms with Gasteiger partial charge in [-0.05, 0) is 25.8 Å². The van der Waals surface area contributed by atoms with Crippen LogP contribution in [0.1, 0.15) is 26.2 Å². The summed E-state index contributed by atoms with van der Waals surface area (Å²) in [7, 11) is -3.23. The first-order chi connectivity index (χ1) is 8.40. The molecule has 2 bridgehead atoms. The van der Waals surface area contributed by atoms with Gasteiger partial charge in [-0.1, -0.05) is 6.92 Å². The van der Waals surface area contributed by atoms with Crippen LogP contribution in [0.25, 0.3) is 0 Å². The summed E-state index contributed by atoms with van der Waals surface area (Å²) in [6.45, 7) is 5.03. The topological polar surface area (TPSA) is 57.7 Å². The quantitative estimate of drug-likeness (QED) is 0.733. The molecule has 0 radical (unpaired) electrons. The lowest BCUT2D eigenvalue weighted by Crippen LogP contribution is -2.45. The predicted molar refractivity (Wildman–Crippen MR) is 70.1 cm³/mol. The molecule has 2 saturated heterocycles. The molecule has 2 rings (SSSR count). The molecule has 0 spiro atoms. The fourth-order valence-electron chi connectivity index (χ4n) is 3.14. The van der Waals surface area contributed by atoms with E-state index in [1.165, 1.54) is 0 Å². The highest BCUT2D eigenvalue weighted by Gasteiger charge is 2.40. The third-order valence-corrected chi connectivity index (χ3v) is 4.76. The minimum Gasteiger partial charge on any atom is -0.335 e. The number of sulfone groups is 1. The molecule has 2 unspecified atom stereocenters. The Balaban J connectivity index is 2.10. The molecule has 6 heteroatoms. The van der Waals surface area contributed by atoms with E-state index in [2.05, 4.69) is 11.8 Å². The number of carbonyl (C=O) groups excluding carboxylic acids is 1. The summed E-state index contributed by atoms with van der Waals surface area (Å²) in [6.07, 6.45) is 4.14. The summed E-state index contributed by atoms with van der Waals surface area (Å²) < 4.78 is 22.5. The van der Waals surface area contributed by atoms with Crippen molar-refractivity contribution >= 4 is 15.7 Å². The van der Waals surface area contributed by atoms with Crippen LogP contribution in [0.15, 0.2) is 0 Å². The molecule has 1 amide bonds. The molecule has 2 aliphatic rings. The third kappa shape index (κ3) is 3.03. The molecule has 2 aliphatic heterocycles. The first-order valence-corrected chi connectivity index (χ1v) is 8.68. The number of likely N-dealkylation sites (N-methyl/N-ethyl adjacent to an activating group) is 1. The fraction of sp³-hybridized carbons (Fsp3) is 0.917. The van der Waals surface area contributed by atoms with E-state index in [4.69, 9.17) is 0 Å². The van der Waals surface area contributed by atoms with Crippen molar-refractivity contribution < 1.29 is 13.2 Å². The molecule has 2 heterocycles. The van der Waals surface area contributed by atoms with Crippen LogP contribution in [0.2, 0.25) is 0 Å². The van der Waals surface area contributed by atoms with Gasteiger partial charge in [-0.25, -0.2) is 8.42 Å². The number of rotatable bonds is 3. The summed E-state index contributed by atoms with van der Waals surface area (Å²) in [6, 6.07) is 0.465. The highest BCUT2D eigenvalue weighted by atomic mass is 32.2. The van der Waals surface area contributed by atoms with Crippen LogP contribution in [-0.2, 0) is 14.6 Å². The van der Waals surface area contributed by atoms with Gasteiger partial charge in [-0.15, -0.1) is 0 Å². The van der Waals surface area contributed by atoms with Crippen molar-refractivity contribution in [1.82, 2.24) is 9.80 Å². The molecular formula is C12H22N2O3S. The second kappa shape index (κ2) is 5.17. The normalized spacial score (nSPS) is 29.3. The Morgan fingerprint density at radius 1 is 1.22 bits per heavy atom. The molecule has 2 fully saturated rings. The number of fused-ring (bicyclic) bond motifs is 2. The van der Waals surface area contributed by atoms with E-state index in [1.54, 1.807) is 0 Å². The molecule has 0 aromatic rings. The second-order valence-electron chi connectivity index (χ2n) is 5.44. The van der Waals surface area contributed by atoms with Gasteiger partial charge in [0.1, 0.15) is 5.75 Å². The van der Waals surface area contributed by atoms with Gasteiger partial charge >= 0.3 is 0 Å². The monoisotopic (exact) mass is 274 g/mol. The van der Waals surface area contributed by atoms with Gasteiger partial charge in [0.15, 0.2) is 9.84 Å². The minimum absolute atomic E-state index is 0.206. The van der Waals surface area contributed by atoms with Gasteiger partial charge in [0.25, 0.3) is 0 Å². The number of amides is 1. The Labute approximate surface area is 109 Å². The average Bonchev–Trinajstić information content (AvgIpc) is 2.51. The van der Waals surface area contributed by atoms with E-state index in [0.29, 0.717) is 0 Å². The van der Waals surface area contributed by atoms with Crippen molar-refractivity contribution in [2.45, 2.75) is 38.3 Å². The fourth-order valence-corrected chi connectivity index (χ4v) is 3.74. The first kappa shape index (κ1) is 13.8. The summed E-state index contributed by atoms with van der Waals surface area (Å²) in [5.74, 6) is -0.547. The van der Waals surface area contributed by atoms with Gasteiger partial charge in [-0.3, -0.25) is 4.79 Å². The van der Waals surface area contributed by atoms with Gasteiger partial charge in [0, 0.05) is 31.4 Å². The third-order valence-electron chi connectivity index (χ3n) is 3.99. The summed E-state index contributed by atoms with van der Waals surface area (Å²) in [5, 5.41) is 0. The molecule has 18 heavy (non-hydrogen) atoms. The van der Waals surface area contributed by atoms with Crippen LogP contribution in [-0.4, -0.2) is 67.9 Å². The van der Waals surface area contributed by atoms with Gasteiger partial charge in [0.05, 0.1) is 0 Å². The lowest BCUT2D eigenvalue weighted by molar-refractivity contribution is -0.131. The molecule has 0 aromatic carbocycles. The van der Waals surface area contributed by atoms with E-state index >= 15 is 0 Å². The van der Waals surface area contributed by atoms with E-state index in [1.807, 2.05) is 4.90 Å². The Bertz CT molecular complexity index is 421. The number of nitrogens with zero attached hydrogens (tertiary/aromatic N) is 2. The number of likely N-dealkylation sites (tertiary alicyclic amines) is 1. The summed E-state index contributed by atoms with van der Waals surface area (Å²) in [5.41, 5.74) is 0. The number of carbonyl (C=O) groups is 1. The van der Waals surface area contributed by atoms with E-state index in [0.717, 1.165) is 45.2 Å². The summed E-state index contributed by atoms with van der Waals surface area (Å²) >= 11 is 0. The first-order valence-electron chi connectivity index (χ1n) is 6.62. The minimum atomic E-state index is -3.23. The maximum atomic E-state index is 12.2. The van der Waals surface area contributed by atoms with Crippen LogP contribution in [0.3, 0.4) is 0 Å². The SMILES string of the molecule is CCN1CCC2CCC(C1)N2C(=O)CS(C)(=O)=O. The zero-order valence-electron chi connectivity index (χ0n) is 11.1. The van der Waals surface area contributed by atoms with Crippen LogP contribution in [0, 0.1) is 0 Å². The lowest BCUT2D eigenvalue weighted by atomic mass is 10.1. The number of hydrogen-bond acceptors (Lipinski definition) is 4. The number of hydrogen-bond donors (Lipinski definition) is 0. The molecule has 0 aliphatic carbocycles. The van der Waals surface area contributed by atoms with Crippen molar-refractivity contribution in [3.05, 3.63) is 0 Å². The Hall–Kier alpha value is -0.620. The Kier molecular flexibility index (Phi) is 3.96. The Morgan fingerprint density at radius 2 is 1.89 bits per heavy atom. The van der Waals surface area contributed by atoms with Crippen molar-refractivity contribution in [2.75, 3.05) is 31.6 Å². The van der Waals surface area contributed by atoms with Crippen LogP contribution < -0.4 is 0 Å². The lowest BCUT2D eigenvalue weighted by Gasteiger charge is -2.28. The molecule has 5 nitrogen and oxygen atoms in total. The van der Waals surface area contributed by atoms with Crippen molar-refractivity contribution in [2.24, 2.45) is 0 Å². The maximum Gasteiger partial charge on any atom is 0.238 e. The van der Waals surface area contributed by atoms with Crippen molar-refractivity contribution in [3.63, 3.8) is 0 Å². The zero-order valence-corrected chi connectivity index (χ0v) is 11.9. The van der Waals surface area contributed by atoms with Gasteiger partial charge in [-0.2, -0.15) is 0 Å². The predicted octanol–water partition coefficient (Wildman–Crippen LogP) is 0.116. The maximum absolute atomic E-state index is 12.2. The largest absolute Gasteiger partial charge is 0.335 e. The van der Waals surface area contributed by atoms with Crippen molar-refractivity contribution in [1.29, 1.82) is 0 Å². The van der Waals surface area contributed by atoms with E-state index in [9.17, 15) is 13.2 Å². The zero-order chi connectivity index (χ0) is 13.3. The summed E-state index contributed by atoms with van der Waals surface area (Å²) in [4.78, 5) is 16.4. The van der Waals surface area contributed by atoms with Crippen LogP contribution in [0.4, 0.5) is 0 Å². The molecule has 104 valence electrons. The molecule has 0 N–H and O–H groups in total. The Morgan fingerprint density at radius 3 is 2.50 bits per heavy atom. The second-order valence-corrected chi connectivity index (χ2v) is 7.58. The highest BCUT2D eigenvalue weighted by Crippen LogP contribution is 2.30. The van der Waals surface area contributed by atoms with Crippen LogP contribution >= 0.6 is 0 Å². The average molecular weight is 274 g/mol. The molecule has 0 saturated carbocycles. The van der Waals surface area contributed by atoms with Crippen LogP contribution in [0.5, 0.6) is 0 Å². The van der Waals surface area contributed by atoms with Crippen molar-refractivity contribution in [3.8, 4) is 0 Å².